The maximum Gasteiger partial charge on any atom is 0.271 e. The summed E-state index contributed by atoms with van der Waals surface area (Å²) in [6.45, 7) is 7.11. The second-order valence-electron chi connectivity index (χ2n) is 12.0. The number of carbonyl (C=O) groups excluding carboxylic acids is 1. The van der Waals surface area contributed by atoms with Gasteiger partial charge < -0.3 is 19.7 Å². The number of carbonyl (C=O) groups is 1. The predicted molar refractivity (Wildman–Crippen MR) is 193 cm³/mol. The van der Waals surface area contributed by atoms with E-state index in [1.54, 1.807) is 55.7 Å². The second kappa shape index (κ2) is 14.6. The van der Waals surface area contributed by atoms with Crippen LogP contribution in [-0.4, -0.2) is 70.1 Å². The largest absolute Gasteiger partial charge is 0.493 e. The molecule has 0 spiro atoms. The third kappa shape index (κ3) is 7.13. The number of anilines is 1. The van der Waals surface area contributed by atoms with Gasteiger partial charge in [0.05, 0.1) is 27.4 Å². The molecule has 10 nitrogen and oxygen atoms in total. The van der Waals surface area contributed by atoms with Crippen LogP contribution in [0.4, 0.5) is 10.1 Å². The third-order valence-electron chi connectivity index (χ3n) is 8.48. The highest BCUT2D eigenvalue weighted by atomic mass is 32.1. The molecule has 1 amide bonds. The van der Waals surface area contributed by atoms with Gasteiger partial charge in [-0.05, 0) is 62.0 Å². The number of nitrogens with one attached hydrogen (secondary N) is 1. The SMILES string of the molecule is CCOc1ccn(-c2ccccc2)c(=O)c1C(=O)Nc1ccc(Oc2ccnc3cc(-c4ccc(CN5CCN(C)CC5)cn4)sc23)c(F)c1. The lowest BCUT2D eigenvalue weighted by molar-refractivity contribution is 0.102. The fourth-order valence-corrected chi connectivity index (χ4v) is 6.86. The molecule has 12 heteroatoms. The number of amides is 1. The van der Waals surface area contributed by atoms with E-state index in [0.29, 0.717) is 17.0 Å². The van der Waals surface area contributed by atoms with Crippen molar-refractivity contribution < 1.29 is 18.7 Å². The Labute approximate surface area is 292 Å². The number of para-hydroxylation sites is 1. The molecular formula is C38H35FN6O4S. The minimum atomic E-state index is -0.722. The summed E-state index contributed by atoms with van der Waals surface area (Å²) >= 11 is 1.47. The van der Waals surface area contributed by atoms with E-state index in [1.807, 2.05) is 24.4 Å². The highest BCUT2D eigenvalue weighted by Crippen LogP contribution is 2.39. The minimum absolute atomic E-state index is 0.0296. The first kappa shape index (κ1) is 33.1. The number of rotatable bonds is 10. The van der Waals surface area contributed by atoms with Gasteiger partial charge in [-0.1, -0.05) is 24.3 Å². The van der Waals surface area contributed by atoms with Crippen LogP contribution >= 0.6 is 11.3 Å². The molecule has 5 heterocycles. The van der Waals surface area contributed by atoms with Crippen LogP contribution in [0.5, 0.6) is 17.2 Å². The molecule has 1 saturated heterocycles. The smallest absolute Gasteiger partial charge is 0.271 e. The van der Waals surface area contributed by atoms with Crippen LogP contribution in [-0.2, 0) is 6.54 Å². The fourth-order valence-electron chi connectivity index (χ4n) is 5.82. The topological polar surface area (TPSA) is 102 Å². The van der Waals surface area contributed by atoms with Crippen LogP contribution in [0.15, 0.2) is 102 Å². The fraction of sp³-hybridized carbons (Fsp3) is 0.211. The number of thiophene rings is 1. The van der Waals surface area contributed by atoms with Crippen LogP contribution in [0.2, 0.25) is 0 Å². The average Bonchev–Trinajstić information content (AvgIpc) is 3.57. The highest BCUT2D eigenvalue weighted by molar-refractivity contribution is 7.22. The van der Waals surface area contributed by atoms with Crippen LogP contribution < -0.4 is 20.3 Å². The monoisotopic (exact) mass is 690 g/mol. The molecule has 1 aliphatic rings. The summed E-state index contributed by atoms with van der Waals surface area (Å²) < 4.78 is 29.2. The Morgan fingerprint density at radius 3 is 2.50 bits per heavy atom. The van der Waals surface area contributed by atoms with E-state index in [2.05, 4.69) is 33.2 Å². The van der Waals surface area contributed by atoms with Crippen LogP contribution in [0.3, 0.4) is 0 Å². The number of benzene rings is 2. The zero-order valence-corrected chi connectivity index (χ0v) is 28.5. The van der Waals surface area contributed by atoms with Gasteiger partial charge in [-0.25, -0.2) is 4.39 Å². The number of hydrogen-bond donors (Lipinski definition) is 1. The molecule has 4 aromatic heterocycles. The lowest BCUT2D eigenvalue weighted by atomic mass is 10.2. The zero-order chi connectivity index (χ0) is 34.6. The van der Waals surface area contributed by atoms with E-state index in [-0.39, 0.29) is 29.4 Å². The number of likely N-dealkylation sites (N-methyl/N-ethyl adjacent to an activating group) is 1. The normalized spacial score (nSPS) is 13.7. The van der Waals surface area contributed by atoms with Crippen molar-refractivity contribution in [1.82, 2.24) is 24.3 Å². The number of hydrogen-bond acceptors (Lipinski definition) is 9. The number of aromatic nitrogens is 3. The maximum atomic E-state index is 15.5. The summed E-state index contributed by atoms with van der Waals surface area (Å²) in [5.74, 6) is -0.864. The first-order valence-corrected chi connectivity index (χ1v) is 17.2. The first-order chi connectivity index (χ1) is 24.4. The Morgan fingerprint density at radius 1 is 0.940 bits per heavy atom. The van der Waals surface area contributed by atoms with Gasteiger partial charge in [0.1, 0.15) is 17.1 Å². The first-order valence-electron chi connectivity index (χ1n) is 16.3. The Kier molecular flexibility index (Phi) is 9.65. The van der Waals surface area contributed by atoms with Crippen molar-refractivity contribution >= 4 is 33.1 Å². The van der Waals surface area contributed by atoms with E-state index in [1.165, 1.54) is 33.6 Å². The van der Waals surface area contributed by atoms with Crippen molar-refractivity contribution in [3.63, 3.8) is 0 Å². The molecule has 6 aromatic rings. The van der Waals surface area contributed by atoms with Crippen molar-refractivity contribution in [2.45, 2.75) is 13.5 Å². The number of piperazine rings is 1. The van der Waals surface area contributed by atoms with E-state index in [4.69, 9.17) is 14.5 Å². The molecule has 1 aliphatic heterocycles. The Morgan fingerprint density at radius 2 is 1.76 bits per heavy atom. The third-order valence-corrected chi connectivity index (χ3v) is 9.64. The number of ether oxygens (including phenoxy) is 2. The van der Waals surface area contributed by atoms with E-state index < -0.39 is 17.3 Å². The van der Waals surface area contributed by atoms with Crippen LogP contribution in [0.25, 0.3) is 26.5 Å². The summed E-state index contributed by atoms with van der Waals surface area (Å²) in [4.78, 5) is 41.8. The zero-order valence-electron chi connectivity index (χ0n) is 27.6. The molecule has 50 heavy (non-hydrogen) atoms. The minimum Gasteiger partial charge on any atom is -0.493 e. The summed E-state index contributed by atoms with van der Waals surface area (Å²) in [7, 11) is 2.15. The van der Waals surface area contributed by atoms with E-state index in [9.17, 15) is 9.59 Å². The molecule has 0 saturated carbocycles. The van der Waals surface area contributed by atoms with E-state index >= 15 is 4.39 Å². The molecule has 0 radical (unpaired) electrons. The van der Waals surface area contributed by atoms with Crippen molar-refractivity contribution in [2.24, 2.45) is 0 Å². The lowest BCUT2D eigenvalue weighted by Gasteiger charge is -2.32. The van der Waals surface area contributed by atoms with Crippen molar-refractivity contribution in [2.75, 3.05) is 45.2 Å². The average molecular weight is 691 g/mol. The van der Waals surface area contributed by atoms with Gasteiger partial charge in [-0.2, -0.15) is 0 Å². The van der Waals surface area contributed by atoms with E-state index in [0.717, 1.165) is 54.1 Å². The molecule has 1 fully saturated rings. The van der Waals surface area contributed by atoms with Gasteiger partial charge in [0.25, 0.3) is 11.5 Å². The standard InChI is InChI=1S/C38H35FN6O4S/c1-3-48-32-14-16-45(27-7-5-4-6-8-27)38(47)35(32)37(46)42-26-10-12-31(28(39)21-26)49-33-13-15-40-30-22-34(50-36(30)33)29-11-9-25(23-41-29)24-44-19-17-43(2)18-20-44/h4-16,21-23H,3,17-20,24H2,1-2H3,(H,42,46). The molecule has 0 atom stereocenters. The number of halogens is 1. The summed E-state index contributed by atoms with van der Waals surface area (Å²) in [6.07, 6.45) is 5.10. The van der Waals surface area contributed by atoms with Crippen molar-refractivity contribution in [3.8, 4) is 33.5 Å². The van der Waals surface area contributed by atoms with Crippen molar-refractivity contribution in [3.05, 3.63) is 125 Å². The van der Waals surface area contributed by atoms with Gasteiger partial charge in [-0.3, -0.25) is 29.0 Å². The van der Waals surface area contributed by atoms with Gasteiger partial charge in [-0.15, -0.1) is 11.3 Å². The highest BCUT2D eigenvalue weighted by Gasteiger charge is 2.21. The molecule has 2 aromatic carbocycles. The quantitative estimate of drug-likeness (QED) is 0.167. The van der Waals surface area contributed by atoms with Crippen molar-refractivity contribution in [1.29, 1.82) is 0 Å². The molecule has 254 valence electrons. The molecule has 0 aliphatic carbocycles. The number of pyridine rings is 3. The molecule has 1 N–H and O–H groups in total. The Hall–Kier alpha value is -5.43. The number of nitrogens with zero attached hydrogens (tertiary/aromatic N) is 5. The number of fused-ring (bicyclic) bond motifs is 1. The summed E-state index contributed by atoms with van der Waals surface area (Å²) in [5.41, 5.74) is 2.70. The predicted octanol–water partition coefficient (Wildman–Crippen LogP) is 6.84. The Balaban J connectivity index is 1.07. The van der Waals surface area contributed by atoms with Crippen LogP contribution in [0, 0.1) is 5.82 Å². The second-order valence-corrected chi connectivity index (χ2v) is 13.0. The maximum absolute atomic E-state index is 15.5. The van der Waals surface area contributed by atoms with Gasteiger partial charge in [0, 0.05) is 74.8 Å². The summed E-state index contributed by atoms with van der Waals surface area (Å²) in [6, 6.07) is 22.4. The van der Waals surface area contributed by atoms with Gasteiger partial charge >= 0.3 is 0 Å². The van der Waals surface area contributed by atoms with Gasteiger partial charge in [0.2, 0.25) is 0 Å². The molecular weight excluding hydrogens is 656 g/mol. The van der Waals surface area contributed by atoms with Crippen LogP contribution in [0.1, 0.15) is 22.8 Å². The molecule has 0 unspecified atom stereocenters. The summed E-state index contributed by atoms with van der Waals surface area (Å²) in [5, 5.41) is 2.64. The Bertz CT molecular complexity index is 2200. The molecule has 0 bridgehead atoms. The molecule has 7 rings (SSSR count). The lowest BCUT2D eigenvalue weighted by Crippen LogP contribution is -2.43. The van der Waals surface area contributed by atoms with Gasteiger partial charge in [0.15, 0.2) is 11.6 Å².